The molecule has 0 unspecified atom stereocenters. The molecule has 0 bridgehead atoms. The fourth-order valence-corrected chi connectivity index (χ4v) is 3.28. The summed E-state index contributed by atoms with van der Waals surface area (Å²) >= 11 is 14.5. The summed E-state index contributed by atoms with van der Waals surface area (Å²) in [6.45, 7) is 0. The van der Waals surface area contributed by atoms with Crippen molar-refractivity contribution in [3.8, 4) is 11.6 Å². The first-order valence-corrected chi connectivity index (χ1v) is 8.08. The predicted octanol–water partition coefficient (Wildman–Crippen LogP) is 4.41. The van der Waals surface area contributed by atoms with Gasteiger partial charge in [0, 0.05) is 10.7 Å². The second-order valence-corrected chi connectivity index (χ2v) is 6.57. The normalized spacial score (nSPS) is 13.0. The first kappa shape index (κ1) is 14.8. The maximum Gasteiger partial charge on any atom is 0.229 e. The summed E-state index contributed by atoms with van der Waals surface area (Å²) in [7, 11) is 0. The van der Waals surface area contributed by atoms with Gasteiger partial charge in [-0.25, -0.2) is 4.98 Å². The van der Waals surface area contributed by atoms with Crippen molar-refractivity contribution in [1.29, 1.82) is 0 Å². The third-order valence-corrected chi connectivity index (χ3v) is 4.46. The van der Waals surface area contributed by atoms with Gasteiger partial charge in [0.15, 0.2) is 0 Å². The van der Waals surface area contributed by atoms with Crippen LogP contribution in [0.5, 0.6) is 11.6 Å². The summed E-state index contributed by atoms with van der Waals surface area (Å²) in [6, 6.07) is 7.31. The largest absolute Gasteiger partial charge is 0.437 e. The number of pyridine rings is 1. The van der Waals surface area contributed by atoms with Crippen molar-refractivity contribution in [2.45, 2.75) is 19.3 Å². The SMILES string of the molecule is NC(=S)c1cc2c(nc1Oc1ccc(Cl)cc1Br)CCC2. The standard InChI is InChI=1S/C15H12BrClN2OS/c16-11-7-9(17)4-5-13(11)20-15-10(14(18)21)6-8-2-1-3-12(8)19-15/h4-7H,1-3H2,(H2,18,21). The molecule has 21 heavy (non-hydrogen) atoms. The number of hydrogen-bond donors (Lipinski definition) is 1. The van der Waals surface area contributed by atoms with Gasteiger partial charge >= 0.3 is 0 Å². The van der Waals surface area contributed by atoms with Crippen LogP contribution in [0.25, 0.3) is 0 Å². The van der Waals surface area contributed by atoms with E-state index in [1.807, 2.05) is 6.07 Å². The minimum absolute atomic E-state index is 0.289. The van der Waals surface area contributed by atoms with E-state index < -0.39 is 0 Å². The van der Waals surface area contributed by atoms with Gasteiger partial charge in [0.1, 0.15) is 10.7 Å². The summed E-state index contributed by atoms with van der Waals surface area (Å²) in [4.78, 5) is 4.88. The van der Waals surface area contributed by atoms with Crippen LogP contribution in [0.1, 0.15) is 23.2 Å². The Morgan fingerprint density at radius 2 is 2.14 bits per heavy atom. The van der Waals surface area contributed by atoms with Crippen LogP contribution in [0.15, 0.2) is 28.7 Å². The Hall–Kier alpha value is -1.17. The van der Waals surface area contributed by atoms with Crippen LogP contribution in [-0.4, -0.2) is 9.97 Å². The van der Waals surface area contributed by atoms with Crippen molar-refractivity contribution in [2.75, 3.05) is 0 Å². The number of hydrogen-bond acceptors (Lipinski definition) is 3. The van der Waals surface area contributed by atoms with E-state index >= 15 is 0 Å². The molecule has 1 heterocycles. The lowest BCUT2D eigenvalue weighted by Crippen LogP contribution is -2.13. The maximum atomic E-state index is 5.94. The lowest BCUT2D eigenvalue weighted by Gasteiger charge is -2.13. The lowest BCUT2D eigenvalue weighted by molar-refractivity contribution is 0.457. The number of fused-ring (bicyclic) bond motifs is 1. The average molecular weight is 384 g/mol. The quantitative estimate of drug-likeness (QED) is 0.797. The van der Waals surface area contributed by atoms with Crippen molar-refractivity contribution in [3.63, 3.8) is 0 Å². The van der Waals surface area contributed by atoms with Gasteiger partial charge in [-0.3, -0.25) is 0 Å². The number of aromatic nitrogens is 1. The van der Waals surface area contributed by atoms with Gasteiger partial charge in [-0.1, -0.05) is 23.8 Å². The Morgan fingerprint density at radius 1 is 1.33 bits per heavy atom. The lowest BCUT2D eigenvalue weighted by atomic mass is 10.1. The molecule has 0 saturated carbocycles. The second-order valence-electron chi connectivity index (χ2n) is 4.84. The Bertz CT molecular complexity index is 736. The van der Waals surface area contributed by atoms with Gasteiger partial charge in [0.05, 0.1) is 10.0 Å². The minimum atomic E-state index is 0.289. The van der Waals surface area contributed by atoms with Crippen molar-refractivity contribution in [3.05, 3.63) is 50.6 Å². The molecule has 2 aromatic rings. The van der Waals surface area contributed by atoms with Gasteiger partial charge in [0.2, 0.25) is 5.88 Å². The van der Waals surface area contributed by atoms with Crippen LogP contribution in [0.2, 0.25) is 5.02 Å². The van der Waals surface area contributed by atoms with E-state index in [0.717, 1.165) is 29.4 Å². The van der Waals surface area contributed by atoms with Crippen LogP contribution in [0, 0.1) is 0 Å². The van der Waals surface area contributed by atoms with Crippen LogP contribution >= 0.6 is 39.7 Å². The fraction of sp³-hybridized carbons (Fsp3) is 0.200. The molecule has 1 aromatic carbocycles. The van der Waals surface area contributed by atoms with Gasteiger partial charge in [-0.05, 0) is 65.0 Å². The average Bonchev–Trinajstić information content (AvgIpc) is 2.88. The minimum Gasteiger partial charge on any atom is -0.437 e. The molecule has 1 aliphatic carbocycles. The first-order chi connectivity index (χ1) is 10.0. The summed E-state index contributed by atoms with van der Waals surface area (Å²) in [5, 5.41) is 0.630. The van der Waals surface area contributed by atoms with Gasteiger partial charge < -0.3 is 10.5 Å². The summed E-state index contributed by atoms with van der Waals surface area (Å²) in [5.74, 6) is 1.08. The third-order valence-electron chi connectivity index (χ3n) is 3.38. The summed E-state index contributed by atoms with van der Waals surface area (Å²) in [6.07, 6.45) is 3.08. The molecule has 0 fully saturated rings. The predicted molar refractivity (Wildman–Crippen MR) is 91.4 cm³/mol. The highest BCUT2D eigenvalue weighted by Gasteiger charge is 2.19. The molecule has 2 N–H and O–H groups in total. The number of nitrogens with zero attached hydrogens (tertiary/aromatic N) is 1. The molecule has 0 spiro atoms. The number of ether oxygens (including phenoxy) is 1. The van der Waals surface area contributed by atoms with Crippen LogP contribution < -0.4 is 10.5 Å². The number of halogens is 2. The molecule has 3 nitrogen and oxygen atoms in total. The molecule has 108 valence electrons. The molecule has 0 saturated heterocycles. The molecule has 0 amide bonds. The first-order valence-electron chi connectivity index (χ1n) is 6.50. The number of rotatable bonds is 3. The molecule has 0 radical (unpaired) electrons. The Kier molecular flexibility index (Phi) is 4.15. The van der Waals surface area contributed by atoms with E-state index in [2.05, 4.69) is 20.9 Å². The molecule has 6 heteroatoms. The van der Waals surface area contributed by atoms with Crippen LogP contribution in [-0.2, 0) is 12.8 Å². The zero-order chi connectivity index (χ0) is 15.0. The van der Waals surface area contributed by atoms with Gasteiger partial charge in [-0.15, -0.1) is 0 Å². The Morgan fingerprint density at radius 3 is 2.86 bits per heavy atom. The maximum absolute atomic E-state index is 5.94. The zero-order valence-corrected chi connectivity index (χ0v) is 14.2. The van der Waals surface area contributed by atoms with Crippen LogP contribution in [0.4, 0.5) is 0 Å². The van der Waals surface area contributed by atoms with Crippen LogP contribution in [0.3, 0.4) is 0 Å². The second kappa shape index (κ2) is 5.91. The number of nitrogens with two attached hydrogens (primary N) is 1. The van der Waals surface area contributed by atoms with E-state index in [0.29, 0.717) is 22.2 Å². The monoisotopic (exact) mass is 382 g/mol. The smallest absolute Gasteiger partial charge is 0.229 e. The van der Waals surface area contributed by atoms with Crippen molar-refractivity contribution in [2.24, 2.45) is 5.73 Å². The van der Waals surface area contributed by atoms with E-state index in [9.17, 15) is 0 Å². The van der Waals surface area contributed by atoms with E-state index in [-0.39, 0.29) is 4.99 Å². The molecule has 1 aromatic heterocycles. The highest BCUT2D eigenvalue weighted by atomic mass is 79.9. The fourth-order valence-electron chi connectivity index (χ4n) is 2.37. The molecule has 0 aliphatic heterocycles. The van der Waals surface area contributed by atoms with Crippen molar-refractivity contribution >= 4 is 44.7 Å². The zero-order valence-electron chi connectivity index (χ0n) is 11.0. The molecular weight excluding hydrogens is 372 g/mol. The molecule has 0 atom stereocenters. The van der Waals surface area contributed by atoms with E-state index in [1.54, 1.807) is 18.2 Å². The van der Waals surface area contributed by atoms with Crippen molar-refractivity contribution < 1.29 is 4.74 Å². The molecular formula is C15H12BrClN2OS. The van der Waals surface area contributed by atoms with Gasteiger partial charge in [-0.2, -0.15) is 0 Å². The molecule has 3 rings (SSSR count). The molecule has 1 aliphatic rings. The van der Waals surface area contributed by atoms with Crippen molar-refractivity contribution in [1.82, 2.24) is 4.98 Å². The topological polar surface area (TPSA) is 48.1 Å². The number of aryl methyl sites for hydroxylation is 2. The highest BCUT2D eigenvalue weighted by Crippen LogP contribution is 2.34. The summed E-state index contributed by atoms with van der Waals surface area (Å²) < 4.78 is 6.65. The van der Waals surface area contributed by atoms with Gasteiger partial charge in [0.25, 0.3) is 0 Å². The number of benzene rings is 1. The third kappa shape index (κ3) is 3.05. The Labute approximate surface area is 141 Å². The van der Waals surface area contributed by atoms with E-state index in [1.165, 1.54) is 5.56 Å². The highest BCUT2D eigenvalue weighted by molar-refractivity contribution is 9.10. The Balaban J connectivity index is 2.03. The van der Waals surface area contributed by atoms with E-state index in [4.69, 9.17) is 34.3 Å². The summed E-state index contributed by atoms with van der Waals surface area (Å²) in [5.41, 5.74) is 8.75. The number of thiocarbonyl (C=S) groups is 1.